The number of hydrogen-bond acceptors (Lipinski definition) is 0. The van der Waals surface area contributed by atoms with E-state index in [0.29, 0.717) is 0 Å². The van der Waals surface area contributed by atoms with Crippen molar-refractivity contribution in [3.05, 3.63) is 33.9 Å². The molecule has 1 aliphatic rings. The highest BCUT2D eigenvalue weighted by atomic mass is 79.9. The Morgan fingerprint density at radius 2 is 2.14 bits per heavy atom. The molecule has 14 heavy (non-hydrogen) atoms. The summed E-state index contributed by atoms with van der Waals surface area (Å²) < 4.78 is 1.18. The van der Waals surface area contributed by atoms with Crippen LogP contribution in [0.4, 0.5) is 0 Å². The third-order valence-corrected chi connectivity index (χ3v) is 3.56. The number of halogens is 1. The molecule has 1 N–H and O–H groups in total. The summed E-state index contributed by atoms with van der Waals surface area (Å²) in [6.45, 7) is 2.13. The van der Waals surface area contributed by atoms with Gasteiger partial charge in [-0.1, -0.05) is 12.1 Å². The molecule has 0 unspecified atom stereocenters. The Hall–Kier alpha value is -0.760. The summed E-state index contributed by atoms with van der Waals surface area (Å²) in [7, 11) is 0. The molecule has 0 amide bonds. The fourth-order valence-electron chi connectivity index (χ4n) is 2.07. The summed E-state index contributed by atoms with van der Waals surface area (Å²) in [6, 6.07) is 6.64. The molecule has 1 heterocycles. The Morgan fingerprint density at radius 1 is 1.36 bits per heavy atom. The highest BCUT2D eigenvalue weighted by molar-refractivity contribution is 9.10. The number of benzene rings is 1. The maximum absolute atomic E-state index is 3.62. The second kappa shape index (κ2) is 2.86. The van der Waals surface area contributed by atoms with Crippen LogP contribution in [-0.2, 0) is 0 Å². The third-order valence-electron chi connectivity index (χ3n) is 2.93. The van der Waals surface area contributed by atoms with Crippen LogP contribution in [0.2, 0.25) is 0 Å². The Kier molecular flexibility index (Phi) is 1.75. The quantitative estimate of drug-likeness (QED) is 0.783. The summed E-state index contributed by atoms with van der Waals surface area (Å²) in [4.78, 5) is 3.41. The van der Waals surface area contributed by atoms with E-state index in [1.807, 2.05) is 0 Å². The number of rotatable bonds is 1. The summed E-state index contributed by atoms with van der Waals surface area (Å²) in [5.74, 6) is 0.792. The summed E-state index contributed by atoms with van der Waals surface area (Å²) >= 11 is 3.62. The first-order chi connectivity index (χ1) is 6.75. The third kappa shape index (κ3) is 1.21. The Labute approximate surface area is 91.6 Å². The van der Waals surface area contributed by atoms with Crippen LogP contribution in [0.25, 0.3) is 10.9 Å². The van der Waals surface area contributed by atoms with Crippen molar-refractivity contribution in [3.63, 3.8) is 0 Å². The second-order valence-corrected chi connectivity index (χ2v) is 4.97. The van der Waals surface area contributed by atoms with Gasteiger partial charge in [-0.2, -0.15) is 0 Å². The molecular weight excluding hydrogens is 238 g/mol. The molecular formula is C12H12BrN. The average molecular weight is 250 g/mol. The maximum atomic E-state index is 3.62. The highest BCUT2D eigenvalue weighted by Gasteiger charge is 2.28. The predicted molar refractivity (Wildman–Crippen MR) is 62.7 cm³/mol. The zero-order chi connectivity index (χ0) is 9.71. The van der Waals surface area contributed by atoms with E-state index < -0.39 is 0 Å². The van der Waals surface area contributed by atoms with E-state index in [1.165, 1.54) is 39.5 Å². The first-order valence-electron chi connectivity index (χ1n) is 5.03. The Balaban J connectivity index is 2.32. The minimum absolute atomic E-state index is 0.792. The number of H-pyrrole nitrogens is 1. The summed E-state index contributed by atoms with van der Waals surface area (Å²) in [5, 5.41) is 1.39. The smallest absolute Gasteiger partial charge is 0.0866 e. The van der Waals surface area contributed by atoms with Gasteiger partial charge in [-0.3, -0.25) is 0 Å². The molecule has 0 spiro atoms. The first-order valence-corrected chi connectivity index (χ1v) is 5.83. The van der Waals surface area contributed by atoms with Crippen LogP contribution in [0.15, 0.2) is 22.8 Å². The lowest BCUT2D eigenvalue weighted by molar-refractivity contribution is 1.13. The molecule has 2 aromatic rings. The van der Waals surface area contributed by atoms with Crippen molar-refractivity contribution in [1.29, 1.82) is 0 Å². The van der Waals surface area contributed by atoms with Crippen LogP contribution < -0.4 is 0 Å². The van der Waals surface area contributed by atoms with E-state index >= 15 is 0 Å². The van der Waals surface area contributed by atoms with Gasteiger partial charge in [0.25, 0.3) is 0 Å². The van der Waals surface area contributed by atoms with Gasteiger partial charge in [-0.05, 0) is 58.8 Å². The molecule has 0 radical (unpaired) electrons. The average Bonchev–Trinajstić information content (AvgIpc) is 2.89. The SMILES string of the molecule is Cc1ccc2c(C3CC3)c(Br)[nH]c2c1. The van der Waals surface area contributed by atoms with E-state index in [0.717, 1.165) is 5.92 Å². The molecule has 1 aromatic carbocycles. The van der Waals surface area contributed by atoms with Gasteiger partial charge in [0.2, 0.25) is 0 Å². The van der Waals surface area contributed by atoms with Gasteiger partial charge in [0, 0.05) is 10.9 Å². The topological polar surface area (TPSA) is 15.8 Å². The molecule has 0 saturated heterocycles. The van der Waals surface area contributed by atoms with Crippen LogP contribution in [0.1, 0.15) is 29.9 Å². The lowest BCUT2D eigenvalue weighted by Crippen LogP contribution is -1.77. The van der Waals surface area contributed by atoms with Crippen molar-refractivity contribution in [2.24, 2.45) is 0 Å². The molecule has 0 aliphatic heterocycles. The van der Waals surface area contributed by atoms with Crippen LogP contribution in [0, 0.1) is 6.92 Å². The first kappa shape index (κ1) is 8.54. The molecule has 1 aromatic heterocycles. The number of aromatic nitrogens is 1. The van der Waals surface area contributed by atoms with E-state index in [9.17, 15) is 0 Å². The standard InChI is InChI=1S/C12H12BrN/c1-7-2-5-9-10(6-7)14-12(13)11(9)8-3-4-8/h2,5-6,8,14H,3-4H2,1H3. The van der Waals surface area contributed by atoms with Crippen LogP contribution in [0.3, 0.4) is 0 Å². The fourth-order valence-corrected chi connectivity index (χ4v) is 2.82. The molecule has 1 aliphatic carbocycles. The lowest BCUT2D eigenvalue weighted by atomic mass is 10.1. The number of fused-ring (bicyclic) bond motifs is 1. The molecule has 1 saturated carbocycles. The monoisotopic (exact) mass is 249 g/mol. The summed E-state index contributed by atoms with van der Waals surface area (Å²) in [5.41, 5.74) is 4.06. The number of aromatic amines is 1. The van der Waals surface area contributed by atoms with Gasteiger partial charge in [-0.15, -0.1) is 0 Å². The molecule has 2 heteroatoms. The number of hydrogen-bond donors (Lipinski definition) is 1. The van der Waals surface area contributed by atoms with E-state index in [2.05, 4.69) is 46.0 Å². The van der Waals surface area contributed by atoms with Gasteiger partial charge in [-0.25, -0.2) is 0 Å². The molecule has 1 fully saturated rings. The highest BCUT2D eigenvalue weighted by Crippen LogP contribution is 2.46. The Morgan fingerprint density at radius 3 is 2.86 bits per heavy atom. The van der Waals surface area contributed by atoms with Crippen molar-refractivity contribution in [2.45, 2.75) is 25.7 Å². The maximum Gasteiger partial charge on any atom is 0.0866 e. The van der Waals surface area contributed by atoms with E-state index in [1.54, 1.807) is 0 Å². The van der Waals surface area contributed by atoms with Crippen LogP contribution >= 0.6 is 15.9 Å². The largest absolute Gasteiger partial charge is 0.349 e. The van der Waals surface area contributed by atoms with Crippen molar-refractivity contribution < 1.29 is 0 Å². The molecule has 1 nitrogen and oxygen atoms in total. The van der Waals surface area contributed by atoms with Crippen LogP contribution in [0.5, 0.6) is 0 Å². The minimum Gasteiger partial charge on any atom is -0.349 e. The summed E-state index contributed by atoms with van der Waals surface area (Å²) in [6.07, 6.45) is 2.69. The second-order valence-electron chi connectivity index (χ2n) is 4.18. The normalized spacial score (nSPS) is 16.4. The van der Waals surface area contributed by atoms with Crippen molar-refractivity contribution in [2.75, 3.05) is 0 Å². The predicted octanol–water partition coefficient (Wildman–Crippen LogP) is 4.12. The minimum atomic E-state index is 0.792. The molecule has 3 rings (SSSR count). The van der Waals surface area contributed by atoms with Gasteiger partial charge >= 0.3 is 0 Å². The van der Waals surface area contributed by atoms with Gasteiger partial charge < -0.3 is 4.98 Å². The molecule has 72 valence electrons. The van der Waals surface area contributed by atoms with E-state index in [-0.39, 0.29) is 0 Å². The van der Waals surface area contributed by atoms with Crippen molar-refractivity contribution in [1.82, 2.24) is 4.98 Å². The van der Waals surface area contributed by atoms with E-state index in [4.69, 9.17) is 0 Å². The fraction of sp³-hybridized carbons (Fsp3) is 0.333. The molecule has 0 atom stereocenters. The zero-order valence-corrected chi connectivity index (χ0v) is 9.69. The number of nitrogens with one attached hydrogen (secondary N) is 1. The van der Waals surface area contributed by atoms with Crippen molar-refractivity contribution in [3.8, 4) is 0 Å². The zero-order valence-electron chi connectivity index (χ0n) is 8.10. The van der Waals surface area contributed by atoms with Crippen molar-refractivity contribution >= 4 is 26.8 Å². The Bertz CT molecular complexity index is 494. The molecule has 0 bridgehead atoms. The van der Waals surface area contributed by atoms with Gasteiger partial charge in [0.15, 0.2) is 0 Å². The lowest BCUT2D eigenvalue weighted by Gasteiger charge is -1.96. The van der Waals surface area contributed by atoms with Gasteiger partial charge in [0.05, 0.1) is 4.60 Å². The van der Waals surface area contributed by atoms with Crippen LogP contribution in [-0.4, -0.2) is 4.98 Å². The van der Waals surface area contributed by atoms with Gasteiger partial charge in [0.1, 0.15) is 0 Å². The number of aryl methyl sites for hydroxylation is 1.